The summed E-state index contributed by atoms with van der Waals surface area (Å²) in [6.07, 6.45) is 0. The number of halogens is 3. The maximum absolute atomic E-state index is 13.7. The average Bonchev–Trinajstić information content (AvgIpc) is 2.32. The van der Waals surface area contributed by atoms with Crippen LogP contribution in [0.4, 0.5) is 10.1 Å². The first-order chi connectivity index (χ1) is 8.99. The standard InChI is InChI=1S/C14H10BrClFNO/c1-8(14-10(16)3-2-4-11(14)17)18-12-6-5-9(15)7-13(12)19/h2-7,18-19H,1H2. The van der Waals surface area contributed by atoms with E-state index in [9.17, 15) is 9.50 Å². The molecule has 2 N–H and O–H groups in total. The Bertz CT molecular complexity index is 625. The van der Waals surface area contributed by atoms with Gasteiger partial charge in [-0.1, -0.05) is 40.2 Å². The van der Waals surface area contributed by atoms with Crippen LogP contribution in [0.5, 0.6) is 5.75 Å². The van der Waals surface area contributed by atoms with Gasteiger partial charge in [-0.2, -0.15) is 0 Å². The Labute approximate surface area is 123 Å². The molecule has 5 heteroatoms. The van der Waals surface area contributed by atoms with Crippen LogP contribution in [-0.2, 0) is 0 Å². The van der Waals surface area contributed by atoms with Crippen LogP contribution in [-0.4, -0.2) is 5.11 Å². The van der Waals surface area contributed by atoms with Crippen molar-refractivity contribution in [3.8, 4) is 5.75 Å². The van der Waals surface area contributed by atoms with E-state index in [1.54, 1.807) is 18.2 Å². The molecule has 98 valence electrons. The van der Waals surface area contributed by atoms with E-state index >= 15 is 0 Å². The molecular formula is C14H10BrClFNO. The fourth-order valence-electron chi connectivity index (χ4n) is 1.62. The summed E-state index contributed by atoms with van der Waals surface area (Å²) >= 11 is 9.18. The van der Waals surface area contributed by atoms with Gasteiger partial charge in [0.05, 0.1) is 16.3 Å². The van der Waals surface area contributed by atoms with Gasteiger partial charge in [-0.25, -0.2) is 4.39 Å². The van der Waals surface area contributed by atoms with Crippen molar-refractivity contribution in [1.82, 2.24) is 0 Å². The number of phenols is 1. The van der Waals surface area contributed by atoms with Crippen molar-refractivity contribution in [2.45, 2.75) is 0 Å². The normalized spacial score (nSPS) is 10.3. The lowest BCUT2D eigenvalue weighted by atomic mass is 10.1. The number of aromatic hydroxyl groups is 1. The third kappa shape index (κ3) is 3.08. The molecule has 0 bridgehead atoms. The lowest BCUT2D eigenvalue weighted by molar-refractivity contribution is 0.477. The third-order valence-corrected chi connectivity index (χ3v) is 3.32. The molecule has 0 spiro atoms. The Balaban J connectivity index is 2.31. The van der Waals surface area contributed by atoms with Gasteiger partial charge in [-0.3, -0.25) is 0 Å². The summed E-state index contributed by atoms with van der Waals surface area (Å²) in [6, 6.07) is 9.32. The highest BCUT2D eigenvalue weighted by Crippen LogP contribution is 2.32. The zero-order valence-corrected chi connectivity index (χ0v) is 12.1. The van der Waals surface area contributed by atoms with Gasteiger partial charge in [-0.05, 0) is 30.3 Å². The number of hydrogen-bond acceptors (Lipinski definition) is 2. The minimum Gasteiger partial charge on any atom is -0.506 e. The molecule has 0 saturated carbocycles. The zero-order valence-electron chi connectivity index (χ0n) is 9.75. The van der Waals surface area contributed by atoms with Crippen LogP contribution in [0.25, 0.3) is 5.70 Å². The van der Waals surface area contributed by atoms with Gasteiger partial charge in [0.2, 0.25) is 0 Å². The molecule has 0 aliphatic carbocycles. The monoisotopic (exact) mass is 341 g/mol. The van der Waals surface area contributed by atoms with Crippen LogP contribution >= 0.6 is 27.5 Å². The van der Waals surface area contributed by atoms with E-state index in [2.05, 4.69) is 27.8 Å². The van der Waals surface area contributed by atoms with Gasteiger partial charge >= 0.3 is 0 Å². The van der Waals surface area contributed by atoms with E-state index in [4.69, 9.17) is 11.6 Å². The van der Waals surface area contributed by atoms with Crippen LogP contribution in [0, 0.1) is 5.82 Å². The first-order valence-electron chi connectivity index (χ1n) is 5.38. The molecule has 0 aliphatic rings. The Morgan fingerprint density at radius 2 is 2.05 bits per heavy atom. The highest BCUT2D eigenvalue weighted by molar-refractivity contribution is 9.10. The topological polar surface area (TPSA) is 32.3 Å². The molecule has 0 radical (unpaired) electrons. The van der Waals surface area contributed by atoms with Gasteiger partial charge in [0, 0.05) is 10.2 Å². The fraction of sp³-hybridized carbons (Fsp3) is 0. The number of benzene rings is 2. The molecule has 0 amide bonds. The van der Waals surface area contributed by atoms with Crippen LogP contribution in [0.2, 0.25) is 5.02 Å². The predicted octanol–water partition coefficient (Wildman–Crippen LogP) is 5.03. The maximum Gasteiger partial charge on any atom is 0.140 e. The van der Waals surface area contributed by atoms with Gasteiger partial charge in [0.1, 0.15) is 11.6 Å². The van der Waals surface area contributed by atoms with Crippen molar-refractivity contribution < 1.29 is 9.50 Å². The summed E-state index contributed by atoms with van der Waals surface area (Å²) in [6.45, 7) is 3.75. The van der Waals surface area contributed by atoms with Crippen LogP contribution in [0.1, 0.15) is 5.56 Å². The minimum absolute atomic E-state index is 0.0305. The van der Waals surface area contributed by atoms with E-state index in [1.807, 2.05) is 0 Å². The average molecular weight is 343 g/mol. The number of rotatable bonds is 3. The summed E-state index contributed by atoms with van der Waals surface area (Å²) in [5.41, 5.74) is 0.889. The largest absolute Gasteiger partial charge is 0.506 e. The quantitative estimate of drug-likeness (QED) is 0.767. The molecule has 2 aromatic rings. The Kier molecular flexibility index (Phi) is 4.12. The number of anilines is 1. The number of hydrogen-bond donors (Lipinski definition) is 2. The first-order valence-corrected chi connectivity index (χ1v) is 6.55. The maximum atomic E-state index is 13.7. The van der Waals surface area contributed by atoms with Gasteiger partial charge < -0.3 is 10.4 Å². The van der Waals surface area contributed by atoms with Crippen molar-refractivity contribution in [1.29, 1.82) is 0 Å². The molecule has 0 aromatic heterocycles. The highest BCUT2D eigenvalue weighted by Gasteiger charge is 2.12. The third-order valence-electron chi connectivity index (χ3n) is 2.51. The second kappa shape index (κ2) is 5.63. The van der Waals surface area contributed by atoms with Gasteiger partial charge in [0.25, 0.3) is 0 Å². The second-order valence-electron chi connectivity index (χ2n) is 3.86. The summed E-state index contributed by atoms with van der Waals surface area (Å²) in [5.74, 6) is -0.440. The Morgan fingerprint density at radius 1 is 1.32 bits per heavy atom. The molecule has 0 atom stereocenters. The predicted molar refractivity (Wildman–Crippen MR) is 79.9 cm³/mol. The number of phenolic OH excluding ortho intramolecular Hbond substituents is 1. The highest BCUT2D eigenvalue weighted by atomic mass is 79.9. The SMILES string of the molecule is C=C(Nc1ccc(Br)cc1O)c1c(F)cccc1Cl. The summed E-state index contributed by atoms with van der Waals surface area (Å²) in [5, 5.41) is 12.9. The smallest absolute Gasteiger partial charge is 0.140 e. The summed E-state index contributed by atoms with van der Waals surface area (Å²) in [4.78, 5) is 0. The molecule has 19 heavy (non-hydrogen) atoms. The Morgan fingerprint density at radius 3 is 2.68 bits per heavy atom. The van der Waals surface area contributed by atoms with E-state index in [-0.39, 0.29) is 22.0 Å². The van der Waals surface area contributed by atoms with Crippen molar-refractivity contribution in [2.75, 3.05) is 5.32 Å². The van der Waals surface area contributed by atoms with Crippen LogP contribution in [0.15, 0.2) is 47.4 Å². The summed E-state index contributed by atoms with van der Waals surface area (Å²) in [7, 11) is 0. The molecule has 0 unspecified atom stereocenters. The lowest BCUT2D eigenvalue weighted by Gasteiger charge is -2.13. The van der Waals surface area contributed by atoms with Crippen LogP contribution in [0.3, 0.4) is 0 Å². The lowest BCUT2D eigenvalue weighted by Crippen LogP contribution is -2.01. The van der Waals surface area contributed by atoms with E-state index in [0.717, 1.165) is 4.47 Å². The van der Waals surface area contributed by atoms with Crippen molar-refractivity contribution in [3.63, 3.8) is 0 Å². The Hall–Kier alpha value is -1.52. The van der Waals surface area contributed by atoms with E-state index in [1.165, 1.54) is 18.2 Å². The molecular weight excluding hydrogens is 333 g/mol. The van der Waals surface area contributed by atoms with Crippen molar-refractivity contribution in [2.24, 2.45) is 0 Å². The van der Waals surface area contributed by atoms with E-state index < -0.39 is 5.82 Å². The molecule has 0 aliphatic heterocycles. The molecule has 2 rings (SSSR count). The molecule has 2 nitrogen and oxygen atoms in total. The van der Waals surface area contributed by atoms with Crippen molar-refractivity contribution in [3.05, 3.63) is 63.9 Å². The second-order valence-corrected chi connectivity index (χ2v) is 5.18. The minimum atomic E-state index is -0.471. The first kappa shape index (κ1) is 13.9. The molecule has 0 saturated heterocycles. The number of nitrogens with one attached hydrogen (secondary N) is 1. The zero-order chi connectivity index (χ0) is 14.0. The molecule has 0 fully saturated rings. The van der Waals surface area contributed by atoms with Gasteiger partial charge in [-0.15, -0.1) is 0 Å². The molecule has 0 heterocycles. The summed E-state index contributed by atoms with van der Waals surface area (Å²) < 4.78 is 14.5. The molecule has 2 aromatic carbocycles. The van der Waals surface area contributed by atoms with Crippen LogP contribution < -0.4 is 5.32 Å². The van der Waals surface area contributed by atoms with E-state index in [0.29, 0.717) is 5.69 Å². The van der Waals surface area contributed by atoms with Gasteiger partial charge in [0.15, 0.2) is 0 Å². The fourth-order valence-corrected chi connectivity index (χ4v) is 2.25. The van der Waals surface area contributed by atoms with Crippen molar-refractivity contribution >= 4 is 38.9 Å².